The van der Waals surface area contributed by atoms with Crippen molar-refractivity contribution < 1.29 is 0 Å². The molecule has 3 heteroatoms. The molecule has 3 heterocycles. The van der Waals surface area contributed by atoms with E-state index >= 15 is 0 Å². The third kappa shape index (κ3) is 4.25. The number of rotatable bonds is 4. The minimum Gasteiger partial charge on any atom is -0.294 e. The molecule has 0 saturated heterocycles. The molecule has 46 heavy (non-hydrogen) atoms. The molecule has 0 bridgehead atoms. The largest absolute Gasteiger partial charge is 0.294 e. The van der Waals surface area contributed by atoms with Gasteiger partial charge in [0.25, 0.3) is 0 Å². The zero-order valence-corrected chi connectivity index (χ0v) is 25.1. The maximum Gasteiger partial charge on any atom is 0.148 e. The lowest BCUT2D eigenvalue weighted by Crippen LogP contribution is -2.13. The number of pyridine rings is 1. The molecule has 2 aromatic heterocycles. The predicted octanol–water partition coefficient (Wildman–Crippen LogP) is 11.5. The number of benzene rings is 6. The predicted molar refractivity (Wildman–Crippen MR) is 193 cm³/mol. The average Bonchev–Trinajstić information content (AvgIpc) is 3.35. The van der Waals surface area contributed by atoms with Gasteiger partial charge in [-0.1, -0.05) is 133 Å². The molecule has 0 saturated carbocycles. The van der Waals surface area contributed by atoms with Crippen molar-refractivity contribution in [3.8, 4) is 27.9 Å². The van der Waals surface area contributed by atoms with E-state index in [0.29, 0.717) is 0 Å². The van der Waals surface area contributed by atoms with Crippen LogP contribution in [-0.4, -0.2) is 9.55 Å². The van der Waals surface area contributed by atoms with Crippen molar-refractivity contribution in [3.05, 3.63) is 175 Å². The molecule has 0 unspecified atom stereocenters. The number of anilines is 3. The Hall–Kier alpha value is -6.19. The molecular weight excluding hydrogens is 558 g/mol. The van der Waals surface area contributed by atoms with Gasteiger partial charge in [-0.05, 0) is 64.7 Å². The van der Waals surface area contributed by atoms with Gasteiger partial charge in [-0.25, -0.2) is 4.98 Å². The molecule has 6 aromatic carbocycles. The van der Waals surface area contributed by atoms with Crippen LogP contribution in [0, 0.1) is 0 Å². The molecule has 3 nitrogen and oxygen atoms in total. The van der Waals surface area contributed by atoms with Gasteiger partial charge in [-0.2, -0.15) is 0 Å². The second-order valence-electron chi connectivity index (χ2n) is 11.7. The third-order valence-electron chi connectivity index (χ3n) is 8.93. The summed E-state index contributed by atoms with van der Waals surface area (Å²) >= 11 is 0. The van der Waals surface area contributed by atoms with E-state index in [9.17, 15) is 0 Å². The lowest BCUT2D eigenvalue weighted by atomic mass is 9.97. The average molecular weight is 588 g/mol. The summed E-state index contributed by atoms with van der Waals surface area (Å²) in [5.74, 6) is 0.908. The molecule has 0 radical (unpaired) electrons. The fraction of sp³-hybridized carbons (Fsp3) is 0. The standard InChI is InChI=1S/C43H29N3/c1-4-14-30(15-5-1)33-26-27-41(37(28-33)31-16-6-2-7-17-31)46-40-23-13-11-21-36(40)38-29-34-25-24-32-18-10-12-22-39(32)45(42(34)44-43(38)46)35-19-8-3-9-20-35/h1-29H. The van der Waals surface area contributed by atoms with E-state index in [1.54, 1.807) is 0 Å². The Morgan fingerprint density at radius 3 is 1.89 bits per heavy atom. The van der Waals surface area contributed by atoms with Crippen LogP contribution in [0.5, 0.6) is 0 Å². The third-order valence-corrected chi connectivity index (χ3v) is 8.93. The minimum absolute atomic E-state index is 0.908. The Balaban J connectivity index is 1.36. The van der Waals surface area contributed by atoms with Gasteiger partial charge in [0.15, 0.2) is 0 Å². The van der Waals surface area contributed by atoms with E-state index in [1.165, 1.54) is 22.1 Å². The summed E-state index contributed by atoms with van der Waals surface area (Å²) in [4.78, 5) is 7.89. The number of hydrogen-bond donors (Lipinski definition) is 0. The highest BCUT2D eigenvalue weighted by molar-refractivity contribution is 6.10. The first-order valence-corrected chi connectivity index (χ1v) is 15.7. The van der Waals surface area contributed by atoms with Crippen LogP contribution in [0.15, 0.2) is 164 Å². The molecule has 1 aliphatic rings. The van der Waals surface area contributed by atoms with Crippen molar-refractivity contribution >= 4 is 51.3 Å². The highest BCUT2D eigenvalue weighted by Crippen LogP contribution is 2.44. The summed E-state index contributed by atoms with van der Waals surface area (Å²) in [6.45, 7) is 0. The van der Waals surface area contributed by atoms with E-state index in [4.69, 9.17) is 4.98 Å². The summed E-state index contributed by atoms with van der Waals surface area (Å²) in [6, 6.07) is 58.2. The molecule has 1 aliphatic heterocycles. The van der Waals surface area contributed by atoms with Gasteiger partial charge in [0.1, 0.15) is 11.5 Å². The number of hydrogen-bond acceptors (Lipinski definition) is 2. The summed E-state index contributed by atoms with van der Waals surface area (Å²) in [7, 11) is 0. The molecule has 216 valence electrons. The molecule has 0 spiro atoms. The first kappa shape index (κ1) is 26.2. The van der Waals surface area contributed by atoms with E-state index in [0.717, 1.165) is 56.1 Å². The first-order chi connectivity index (χ1) is 22.8. The van der Waals surface area contributed by atoms with E-state index in [1.807, 2.05) is 0 Å². The van der Waals surface area contributed by atoms with Gasteiger partial charge in [0.2, 0.25) is 0 Å². The van der Waals surface area contributed by atoms with Crippen LogP contribution < -0.4 is 4.90 Å². The van der Waals surface area contributed by atoms with E-state index in [-0.39, 0.29) is 0 Å². The van der Waals surface area contributed by atoms with Crippen molar-refractivity contribution in [2.24, 2.45) is 0 Å². The monoisotopic (exact) mass is 587 g/mol. The van der Waals surface area contributed by atoms with Gasteiger partial charge < -0.3 is 0 Å². The fourth-order valence-corrected chi connectivity index (χ4v) is 6.79. The molecule has 0 N–H and O–H groups in total. The Morgan fingerprint density at radius 2 is 1.09 bits per heavy atom. The topological polar surface area (TPSA) is 21.1 Å². The number of para-hydroxylation sites is 3. The van der Waals surface area contributed by atoms with Crippen LogP contribution in [0.1, 0.15) is 11.1 Å². The number of fused-ring (bicyclic) bond motifs is 5. The maximum atomic E-state index is 5.60. The molecule has 0 amide bonds. The summed E-state index contributed by atoms with van der Waals surface area (Å²) in [6.07, 6.45) is 4.42. The van der Waals surface area contributed by atoms with E-state index in [2.05, 4.69) is 185 Å². The zero-order chi connectivity index (χ0) is 30.5. The molecule has 9 rings (SSSR count). The molecule has 8 aromatic rings. The van der Waals surface area contributed by atoms with Gasteiger partial charge in [0.05, 0.1) is 16.9 Å². The minimum atomic E-state index is 0.908. The molecular formula is C43H29N3. The maximum absolute atomic E-state index is 5.60. The van der Waals surface area contributed by atoms with Crippen LogP contribution in [0.3, 0.4) is 0 Å². The Labute approximate surface area is 268 Å². The van der Waals surface area contributed by atoms with Gasteiger partial charge in [0, 0.05) is 27.6 Å². The zero-order valence-electron chi connectivity index (χ0n) is 25.1. The quantitative estimate of drug-likeness (QED) is 0.204. The van der Waals surface area contributed by atoms with Crippen molar-refractivity contribution in [1.82, 2.24) is 9.55 Å². The van der Waals surface area contributed by atoms with Gasteiger partial charge in [-0.15, -0.1) is 0 Å². The normalized spacial score (nSPS) is 12.2. The van der Waals surface area contributed by atoms with E-state index < -0.39 is 0 Å². The van der Waals surface area contributed by atoms with Gasteiger partial charge >= 0.3 is 0 Å². The van der Waals surface area contributed by atoms with Crippen molar-refractivity contribution in [3.63, 3.8) is 0 Å². The Bertz CT molecular complexity index is 2410. The summed E-state index contributed by atoms with van der Waals surface area (Å²) in [5, 5.41) is 2.31. The lowest BCUT2D eigenvalue weighted by molar-refractivity contribution is 1.11. The van der Waals surface area contributed by atoms with Crippen LogP contribution in [0.2, 0.25) is 0 Å². The number of aromatic nitrogens is 2. The molecule has 0 fully saturated rings. The second kappa shape index (κ2) is 10.8. The summed E-state index contributed by atoms with van der Waals surface area (Å²) < 4.78 is 2.35. The van der Waals surface area contributed by atoms with Crippen molar-refractivity contribution in [2.45, 2.75) is 0 Å². The number of nitrogens with zero attached hydrogens (tertiary/aromatic N) is 3. The second-order valence-corrected chi connectivity index (χ2v) is 11.7. The van der Waals surface area contributed by atoms with Crippen LogP contribution in [0.4, 0.5) is 17.2 Å². The SMILES string of the molecule is C1=Cc2cc3c4ccccc4n(-c4ccc(-c5ccccc5)cc4-c4ccccc4)c3nc2N(c2ccccc2)c2ccccc21. The Kier molecular flexibility index (Phi) is 6.14. The first-order valence-electron chi connectivity index (χ1n) is 15.7. The highest BCUT2D eigenvalue weighted by atomic mass is 15.2. The lowest BCUT2D eigenvalue weighted by Gasteiger charge is -2.26. The molecule has 0 aliphatic carbocycles. The van der Waals surface area contributed by atoms with Crippen molar-refractivity contribution in [1.29, 1.82) is 0 Å². The van der Waals surface area contributed by atoms with Gasteiger partial charge in [-0.3, -0.25) is 9.47 Å². The van der Waals surface area contributed by atoms with Crippen LogP contribution in [0.25, 0.3) is 62.0 Å². The fourth-order valence-electron chi connectivity index (χ4n) is 6.79. The highest BCUT2D eigenvalue weighted by Gasteiger charge is 2.25. The summed E-state index contributed by atoms with van der Waals surface area (Å²) in [5.41, 5.74) is 12.3. The Morgan fingerprint density at radius 1 is 0.435 bits per heavy atom. The van der Waals surface area contributed by atoms with Crippen LogP contribution >= 0.6 is 0 Å². The smallest absolute Gasteiger partial charge is 0.148 e. The van der Waals surface area contributed by atoms with Crippen molar-refractivity contribution in [2.75, 3.05) is 4.90 Å². The van der Waals surface area contributed by atoms with Crippen LogP contribution in [-0.2, 0) is 0 Å². The molecule has 0 atom stereocenters.